The molecule has 1 atom stereocenters. The number of nitrogens with zero attached hydrogens (tertiary/aromatic N) is 1. The Labute approximate surface area is 266 Å². The second-order valence-electron chi connectivity index (χ2n) is 9.23. The molecule has 1 aliphatic heterocycles. The third kappa shape index (κ3) is 7.56. The van der Waals surface area contributed by atoms with Crippen LogP contribution in [0.2, 0.25) is 10.0 Å². The number of anilines is 2. The van der Waals surface area contributed by atoms with Gasteiger partial charge in [-0.15, -0.1) is 0 Å². The summed E-state index contributed by atoms with van der Waals surface area (Å²) in [5.41, 5.74) is 13.4. The molecule has 0 aromatic heterocycles. The van der Waals surface area contributed by atoms with Gasteiger partial charge in [0.15, 0.2) is 11.5 Å². The number of benzene rings is 3. The number of methoxy groups -OCH3 is 2. The normalized spacial score (nSPS) is 14.4. The van der Waals surface area contributed by atoms with Crippen LogP contribution in [0.3, 0.4) is 0 Å². The number of halogens is 5. The molecule has 11 nitrogen and oxygen atoms in total. The summed E-state index contributed by atoms with van der Waals surface area (Å²) in [5, 5.41) is 7.63. The Balaban J connectivity index is 0.000000707. The molecule has 3 aromatic rings. The molecule has 0 spiro atoms. The van der Waals surface area contributed by atoms with Crippen LogP contribution in [0.5, 0.6) is 11.5 Å². The van der Waals surface area contributed by atoms with Gasteiger partial charge in [0.2, 0.25) is 0 Å². The van der Waals surface area contributed by atoms with E-state index in [1.54, 1.807) is 30.3 Å². The Morgan fingerprint density at radius 1 is 1.04 bits per heavy atom. The number of amides is 1. The van der Waals surface area contributed by atoms with Crippen molar-refractivity contribution in [1.82, 2.24) is 0 Å². The largest absolute Gasteiger partial charge is 0.493 e. The van der Waals surface area contributed by atoms with Crippen molar-refractivity contribution in [2.75, 3.05) is 44.0 Å². The number of sulfonamides is 1. The van der Waals surface area contributed by atoms with E-state index in [9.17, 15) is 26.4 Å². The van der Waals surface area contributed by atoms with Gasteiger partial charge in [-0.2, -0.15) is 13.2 Å². The second-order valence-corrected chi connectivity index (χ2v) is 11.8. The number of fused-ring (bicyclic) bond motifs is 1. The van der Waals surface area contributed by atoms with Crippen molar-refractivity contribution in [2.24, 2.45) is 5.73 Å². The average Bonchev–Trinajstić information content (AvgIpc) is 3.29. The lowest BCUT2D eigenvalue weighted by Gasteiger charge is -2.20. The van der Waals surface area contributed by atoms with Crippen molar-refractivity contribution in [2.45, 2.75) is 23.4 Å². The Morgan fingerprint density at radius 3 is 2.22 bits per heavy atom. The lowest BCUT2D eigenvalue weighted by Crippen LogP contribution is -2.35. The molecule has 1 heterocycles. The van der Waals surface area contributed by atoms with E-state index in [0.717, 1.165) is 4.31 Å². The van der Waals surface area contributed by atoms with Crippen LogP contribution >= 0.6 is 23.2 Å². The highest BCUT2D eigenvalue weighted by molar-refractivity contribution is 7.93. The Morgan fingerprint density at radius 2 is 1.67 bits per heavy atom. The smallest absolute Gasteiger partial charge is 0.490 e. The zero-order chi connectivity index (χ0) is 33.7. The van der Waals surface area contributed by atoms with Crippen molar-refractivity contribution in [3.8, 4) is 11.5 Å². The minimum absolute atomic E-state index is 0.0984. The molecular weight excluding hydrogens is 666 g/mol. The summed E-state index contributed by atoms with van der Waals surface area (Å²) < 4.78 is 76.5. The van der Waals surface area contributed by atoms with Crippen molar-refractivity contribution >= 4 is 56.5 Å². The molecule has 1 unspecified atom stereocenters. The zero-order valence-corrected chi connectivity index (χ0v) is 26.1. The summed E-state index contributed by atoms with van der Waals surface area (Å²) >= 11 is 13.1. The number of nitrogen functional groups attached to an aromatic ring is 1. The first kappa shape index (κ1) is 35.7. The highest BCUT2D eigenvalue weighted by atomic mass is 35.5. The minimum atomic E-state index is -5.08. The van der Waals surface area contributed by atoms with Gasteiger partial charge in [0.05, 0.1) is 54.6 Å². The Kier molecular flexibility index (Phi) is 11.6. The van der Waals surface area contributed by atoms with E-state index >= 15 is 0 Å². The molecule has 45 heavy (non-hydrogen) atoms. The van der Waals surface area contributed by atoms with Crippen molar-refractivity contribution in [1.29, 1.82) is 0 Å². The van der Waals surface area contributed by atoms with Gasteiger partial charge in [0.1, 0.15) is 0 Å². The first-order valence-corrected chi connectivity index (χ1v) is 15.1. The molecule has 0 saturated carbocycles. The van der Waals surface area contributed by atoms with Crippen LogP contribution in [0.25, 0.3) is 0 Å². The monoisotopic (exact) mass is 693 g/mol. The fraction of sp³-hybridized carbons (Fsp3) is 0.286. The lowest BCUT2D eigenvalue weighted by molar-refractivity contribution is -0.192. The predicted octanol–water partition coefficient (Wildman–Crippen LogP) is 4.61. The molecule has 0 saturated heterocycles. The average molecular weight is 695 g/mol. The maximum Gasteiger partial charge on any atom is 0.490 e. The maximum atomic E-state index is 14.0. The SMILES string of the molecule is COc1ccc(S(=O)(=O)N2C(=O)C(c3ccccc3Cl)c3c2cc(CCOCCN)c(Cl)c3N)cc1OC.O=C(O)C(F)(F)F. The van der Waals surface area contributed by atoms with Crippen LogP contribution in [-0.4, -0.2) is 65.6 Å². The number of rotatable bonds is 10. The summed E-state index contributed by atoms with van der Waals surface area (Å²) in [6.07, 6.45) is -4.76. The van der Waals surface area contributed by atoms with E-state index in [1.165, 1.54) is 32.4 Å². The molecule has 244 valence electrons. The van der Waals surface area contributed by atoms with Crippen LogP contribution in [0, 0.1) is 0 Å². The predicted molar refractivity (Wildman–Crippen MR) is 161 cm³/mol. The van der Waals surface area contributed by atoms with Gasteiger partial charge in [0, 0.05) is 23.2 Å². The quantitative estimate of drug-likeness (QED) is 0.201. The summed E-state index contributed by atoms with van der Waals surface area (Å²) in [5.74, 6) is -4.05. The number of carboxylic acids is 1. The van der Waals surface area contributed by atoms with Crippen LogP contribution in [-0.2, 0) is 30.8 Å². The van der Waals surface area contributed by atoms with E-state index in [4.69, 9.17) is 58.8 Å². The van der Waals surface area contributed by atoms with Gasteiger partial charge < -0.3 is 30.8 Å². The molecule has 0 aliphatic carbocycles. The fourth-order valence-electron chi connectivity index (χ4n) is 4.44. The van der Waals surface area contributed by atoms with Gasteiger partial charge >= 0.3 is 12.1 Å². The van der Waals surface area contributed by atoms with Crippen LogP contribution in [0.4, 0.5) is 24.5 Å². The molecule has 5 N–H and O–H groups in total. The summed E-state index contributed by atoms with van der Waals surface area (Å²) in [6.45, 7) is 0.982. The molecule has 1 amide bonds. The van der Waals surface area contributed by atoms with E-state index in [2.05, 4.69) is 0 Å². The number of alkyl halides is 3. The minimum Gasteiger partial charge on any atom is -0.493 e. The first-order valence-electron chi connectivity index (χ1n) is 12.9. The van der Waals surface area contributed by atoms with Gasteiger partial charge in [-0.1, -0.05) is 41.4 Å². The second kappa shape index (κ2) is 14.6. The van der Waals surface area contributed by atoms with Crippen LogP contribution in [0.1, 0.15) is 22.6 Å². The molecule has 4 rings (SSSR count). The summed E-state index contributed by atoms with van der Waals surface area (Å²) in [6, 6.07) is 12.4. The third-order valence-electron chi connectivity index (χ3n) is 6.48. The standard InChI is InChI=1S/C26H27Cl2N3O6S.C2HF3O2/c1-35-20-8-7-16(14-21(20)36-2)38(33,34)31-19-13-15(9-11-37-12-10-29)24(28)25(30)23(19)22(26(31)32)17-5-3-4-6-18(17)27;3-2(4,5)1(6)7/h3-8,13-14,22H,9-12,29-30H2,1-2H3;(H,6,7). The molecular formula is C28H28Cl2F3N3O8S. The number of hydrogen-bond acceptors (Lipinski definition) is 9. The van der Waals surface area contributed by atoms with Crippen molar-refractivity contribution in [3.05, 3.63) is 75.3 Å². The number of carboxylic acid groups (broad SMARTS) is 1. The van der Waals surface area contributed by atoms with E-state index in [-0.39, 0.29) is 44.2 Å². The molecule has 0 bridgehead atoms. The van der Waals surface area contributed by atoms with E-state index in [0.29, 0.717) is 36.4 Å². The van der Waals surface area contributed by atoms with Crippen molar-refractivity contribution < 1.29 is 50.5 Å². The number of carbonyl (C=O) groups is 2. The number of ether oxygens (including phenoxy) is 3. The first-order chi connectivity index (χ1) is 21.1. The number of hydrogen-bond donors (Lipinski definition) is 3. The summed E-state index contributed by atoms with van der Waals surface area (Å²) in [7, 11) is -1.60. The Bertz CT molecular complexity index is 1690. The highest BCUT2D eigenvalue weighted by Crippen LogP contribution is 2.51. The van der Waals surface area contributed by atoms with Gasteiger partial charge in [-0.25, -0.2) is 17.5 Å². The Hall–Kier alpha value is -3.76. The zero-order valence-electron chi connectivity index (χ0n) is 23.7. The molecule has 0 fully saturated rings. The summed E-state index contributed by atoms with van der Waals surface area (Å²) in [4.78, 5) is 22.7. The van der Waals surface area contributed by atoms with Crippen LogP contribution < -0.4 is 25.2 Å². The van der Waals surface area contributed by atoms with E-state index in [1.807, 2.05) is 0 Å². The third-order valence-corrected chi connectivity index (χ3v) is 8.98. The number of carbonyl (C=O) groups excluding carboxylic acids is 1. The van der Waals surface area contributed by atoms with Crippen LogP contribution in [0.15, 0.2) is 53.4 Å². The van der Waals surface area contributed by atoms with E-state index < -0.39 is 34.0 Å². The molecule has 1 aliphatic rings. The molecule has 0 radical (unpaired) electrons. The maximum absolute atomic E-state index is 14.0. The van der Waals surface area contributed by atoms with Gasteiger partial charge in [0.25, 0.3) is 15.9 Å². The molecule has 17 heteroatoms. The van der Waals surface area contributed by atoms with Gasteiger partial charge in [-0.05, 0) is 41.8 Å². The highest BCUT2D eigenvalue weighted by Gasteiger charge is 2.47. The fourth-order valence-corrected chi connectivity index (χ4v) is 6.40. The van der Waals surface area contributed by atoms with Gasteiger partial charge in [-0.3, -0.25) is 4.79 Å². The number of aliphatic carboxylic acids is 1. The topological polar surface area (TPSA) is 171 Å². The lowest BCUT2D eigenvalue weighted by atomic mass is 9.90. The van der Waals surface area contributed by atoms with Crippen molar-refractivity contribution in [3.63, 3.8) is 0 Å². The number of nitrogens with two attached hydrogens (primary N) is 2. The molecule has 3 aromatic carbocycles.